The van der Waals surface area contributed by atoms with Crippen molar-refractivity contribution in [2.24, 2.45) is 0 Å². The fourth-order valence-electron chi connectivity index (χ4n) is 3.27. The molecule has 0 fully saturated rings. The second-order valence-electron chi connectivity index (χ2n) is 5.72. The van der Waals surface area contributed by atoms with Gasteiger partial charge in [-0.2, -0.15) is 0 Å². The van der Waals surface area contributed by atoms with Gasteiger partial charge in [-0.25, -0.2) is 0 Å². The van der Waals surface area contributed by atoms with Gasteiger partial charge in [0.15, 0.2) is 0 Å². The molecule has 1 aliphatic rings. The Morgan fingerprint density at radius 2 is 1.30 bits per heavy atom. The molecule has 0 N–H and O–H groups in total. The lowest BCUT2D eigenvalue weighted by Crippen LogP contribution is -2.00. The van der Waals surface area contributed by atoms with Gasteiger partial charge in [-0.15, -0.1) is 0 Å². The highest BCUT2D eigenvalue weighted by atomic mass is 16.5. The highest BCUT2D eigenvalue weighted by molar-refractivity contribution is 5.52. The normalized spacial score (nSPS) is 15.9. The maximum atomic E-state index is 5.54. The van der Waals surface area contributed by atoms with Crippen molar-refractivity contribution in [1.29, 1.82) is 0 Å². The van der Waals surface area contributed by atoms with Gasteiger partial charge in [-0.3, -0.25) is 0 Å². The van der Waals surface area contributed by atoms with Gasteiger partial charge in [0, 0.05) is 12.1 Å². The van der Waals surface area contributed by atoms with Gasteiger partial charge in [0.1, 0.15) is 23.0 Å². The molecule has 0 unspecified atom stereocenters. The van der Waals surface area contributed by atoms with Crippen LogP contribution in [-0.4, -0.2) is 28.4 Å². The number of hydrogen-bond donors (Lipinski definition) is 0. The molecule has 0 amide bonds. The summed E-state index contributed by atoms with van der Waals surface area (Å²) in [5.74, 6) is 3.76. The Balaban J connectivity index is 1.96. The summed E-state index contributed by atoms with van der Waals surface area (Å²) in [7, 11) is 6.74. The van der Waals surface area contributed by atoms with Crippen molar-refractivity contribution in [1.82, 2.24) is 0 Å². The van der Waals surface area contributed by atoms with E-state index >= 15 is 0 Å². The van der Waals surface area contributed by atoms with Crippen LogP contribution in [0.2, 0.25) is 0 Å². The van der Waals surface area contributed by atoms with Gasteiger partial charge in [0.05, 0.1) is 28.4 Å². The zero-order valence-corrected chi connectivity index (χ0v) is 14.0. The van der Waals surface area contributed by atoms with Crippen LogP contribution in [0.4, 0.5) is 0 Å². The number of ether oxygens (including phenoxy) is 4. The van der Waals surface area contributed by atoms with Crippen molar-refractivity contribution in [2.75, 3.05) is 28.4 Å². The average Bonchev–Trinajstić information content (AvgIpc) is 3.04. The van der Waals surface area contributed by atoms with Crippen molar-refractivity contribution in [3.63, 3.8) is 0 Å². The van der Waals surface area contributed by atoms with E-state index < -0.39 is 0 Å². The van der Waals surface area contributed by atoms with Crippen LogP contribution in [0.25, 0.3) is 0 Å². The predicted molar refractivity (Wildman–Crippen MR) is 89.2 cm³/mol. The molecule has 0 aliphatic heterocycles. The minimum absolute atomic E-state index is 0.384. The van der Waals surface area contributed by atoms with Gasteiger partial charge in [0.2, 0.25) is 0 Å². The van der Waals surface area contributed by atoms with E-state index in [4.69, 9.17) is 18.9 Å². The molecule has 3 rings (SSSR count). The molecule has 1 aliphatic carbocycles. The Bertz CT molecular complexity index is 687. The first-order chi connectivity index (χ1) is 11.2. The minimum Gasteiger partial charge on any atom is -0.497 e. The lowest BCUT2D eigenvalue weighted by atomic mass is 9.95. The summed E-state index contributed by atoms with van der Waals surface area (Å²) < 4.78 is 21.7. The first-order valence-electron chi connectivity index (χ1n) is 7.65. The maximum absolute atomic E-state index is 5.54. The molecule has 0 spiro atoms. The summed E-state index contributed by atoms with van der Waals surface area (Å²) >= 11 is 0. The summed E-state index contributed by atoms with van der Waals surface area (Å²) in [6, 6.07) is 10.1. The van der Waals surface area contributed by atoms with Crippen LogP contribution in [0.1, 0.15) is 22.6 Å². The summed E-state index contributed by atoms with van der Waals surface area (Å²) in [4.78, 5) is 0. The number of rotatable bonds is 5. The van der Waals surface area contributed by atoms with Crippen LogP contribution in [-0.2, 0) is 12.8 Å². The smallest absolute Gasteiger partial charge is 0.126 e. The average molecular weight is 314 g/mol. The largest absolute Gasteiger partial charge is 0.497 e. The third-order valence-corrected chi connectivity index (χ3v) is 4.49. The molecule has 0 saturated heterocycles. The summed E-state index contributed by atoms with van der Waals surface area (Å²) in [5.41, 5.74) is 3.77. The molecule has 4 nitrogen and oxygen atoms in total. The second kappa shape index (κ2) is 6.41. The van der Waals surface area contributed by atoms with Crippen LogP contribution < -0.4 is 18.9 Å². The summed E-state index contributed by atoms with van der Waals surface area (Å²) in [5, 5.41) is 0. The van der Waals surface area contributed by atoms with Crippen molar-refractivity contribution >= 4 is 0 Å². The van der Waals surface area contributed by atoms with E-state index in [1.165, 1.54) is 16.7 Å². The molecular weight excluding hydrogens is 292 g/mol. The Labute approximate surface area is 136 Å². The quantitative estimate of drug-likeness (QED) is 0.845. The van der Waals surface area contributed by atoms with E-state index in [9.17, 15) is 0 Å². The maximum Gasteiger partial charge on any atom is 0.126 e. The number of fused-ring (bicyclic) bond motifs is 1. The van der Waals surface area contributed by atoms with E-state index in [-0.39, 0.29) is 0 Å². The SMILES string of the molecule is COc1cc(OC)cc([C@H]2Cc3cc(OC)cc(OC)c3C2)c1. The zero-order chi connectivity index (χ0) is 16.4. The molecule has 0 heterocycles. The molecular formula is C19H22O4. The van der Waals surface area contributed by atoms with E-state index in [1.54, 1.807) is 28.4 Å². The molecule has 0 radical (unpaired) electrons. The molecule has 4 heteroatoms. The van der Waals surface area contributed by atoms with Crippen LogP contribution in [0, 0.1) is 0 Å². The number of hydrogen-bond acceptors (Lipinski definition) is 4. The Morgan fingerprint density at radius 1 is 0.696 bits per heavy atom. The van der Waals surface area contributed by atoms with Crippen LogP contribution in [0.15, 0.2) is 30.3 Å². The van der Waals surface area contributed by atoms with Gasteiger partial charge in [-0.05, 0) is 53.6 Å². The summed E-state index contributed by atoms with van der Waals surface area (Å²) in [6.07, 6.45) is 1.90. The van der Waals surface area contributed by atoms with E-state index in [2.05, 4.69) is 18.2 Å². The topological polar surface area (TPSA) is 36.9 Å². The Hall–Kier alpha value is -2.36. The Morgan fingerprint density at radius 3 is 1.87 bits per heavy atom. The number of benzene rings is 2. The van der Waals surface area contributed by atoms with Crippen molar-refractivity contribution in [3.8, 4) is 23.0 Å². The van der Waals surface area contributed by atoms with Crippen molar-refractivity contribution in [2.45, 2.75) is 18.8 Å². The highest BCUT2D eigenvalue weighted by Crippen LogP contribution is 2.42. The monoisotopic (exact) mass is 314 g/mol. The first kappa shape index (κ1) is 15.5. The minimum atomic E-state index is 0.384. The lowest BCUT2D eigenvalue weighted by Gasteiger charge is -2.13. The van der Waals surface area contributed by atoms with E-state index in [1.807, 2.05) is 12.1 Å². The molecule has 2 aromatic rings. The van der Waals surface area contributed by atoms with Gasteiger partial charge >= 0.3 is 0 Å². The fourth-order valence-corrected chi connectivity index (χ4v) is 3.27. The molecule has 0 saturated carbocycles. The molecule has 2 aromatic carbocycles. The third-order valence-electron chi connectivity index (χ3n) is 4.49. The van der Waals surface area contributed by atoms with Crippen molar-refractivity contribution < 1.29 is 18.9 Å². The Kier molecular flexibility index (Phi) is 4.33. The van der Waals surface area contributed by atoms with Crippen LogP contribution >= 0.6 is 0 Å². The van der Waals surface area contributed by atoms with E-state index in [0.717, 1.165) is 35.8 Å². The van der Waals surface area contributed by atoms with Crippen molar-refractivity contribution in [3.05, 3.63) is 47.0 Å². The third kappa shape index (κ3) is 2.93. The van der Waals surface area contributed by atoms with Crippen LogP contribution in [0.5, 0.6) is 23.0 Å². The molecule has 122 valence electrons. The highest BCUT2D eigenvalue weighted by Gasteiger charge is 2.27. The van der Waals surface area contributed by atoms with Crippen LogP contribution in [0.3, 0.4) is 0 Å². The standard InChI is InChI=1S/C19H22O4/c1-20-15-6-13(7-16(10-15)21-2)12-5-14-8-17(22-3)11-19(23-4)18(14)9-12/h6-8,10-12H,5,9H2,1-4H3/t12-/m0/s1. The van der Waals surface area contributed by atoms with Gasteiger partial charge < -0.3 is 18.9 Å². The first-order valence-corrected chi connectivity index (χ1v) is 7.65. The zero-order valence-electron chi connectivity index (χ0n) is 14.0. The molecule has 0 bridgehead atoms. The molecule has 1 atom stereocenters. The predicted octanol–water partition coefficient (Wildman–Crippen LogP) is 3.60. The summed E-state index contributed by atoms with van der Waals surface area (Å²) in [6.45, 7) is 0. The van der Waals surface area contributed by atoms with Gasteiger partial charge in [-0.1, -0.05) is 0 Å². The molecule has 0 aromatic heterocycles. The molecule has 23 heavy (non-hydrogen) atoms. The fraction of sp³-hybridized carbons (Fsp3) is 0.368. The lowest BCUT2D eigenvalue weighted by molar-refractivity contribution is 0.391. The van der Waals surface area contributed by atoms with Gasteiger partial charge in [0.25, 0.3) is 0 Å². The second-order valence-corrected chi connectivity index (χ2v) is 5.72. The van der Waals surface area contributed by atoms with E-state index in [0.29, 0.717) is 5.92 Å². The number of methoxy groups -OCH3 is 4.